The number of halogens is 3. The minimum atomic E-state index is -1.40. The van der Waals surface area contributed by atoms with E-state index in [0.29, 0.717) is 5.46 Å². The zero-order chi connectivity index (χ0) is 21.8. The van der Waals surface area contributed by atoms with Gasteiger partial charge < -0.3 is 10.0 Å². The Morgan fingerprint density at radius 1 is 0.700 bits per heavy atom. The molecule has 30 heavy (non-hydrogen) atoms. The molecule has 0 saturated heterocycles. The molecule has 2 aromatic heterocycles. The fraction of sp³-hybridized carbons (Fsp3) is 0. The topological polar surface area (TPSA) is 66.2 Å². The Morgan fingerprint density at radius 2 is 1.30 bits per heavy atom. The molecule has 0 radical (unpaired) electrons. The number of pyridine rings is 2. The summed E-state index contributed by atoms with van der Waals surface area (Å²) in [5.74, 6) is 0. The van der Waals surface area contributed by atoms with Crippen molar-refractivity contribution in [2.24, 2.45) is 0 Å². The van der Waals surface area contributed by atoms with Crippen LogP contribution in [0.15, 0.2) is 107 Å². The lowest BCUT2D eigenvalue weighted by atomic mass is 9.82. The van der Waals surface area contributed by atoms with Gasteiger partial charge in [0.2, 0.25) is 0 Å². The molecular weight excluding hydrogens is 622 g/mol. The third kappa shape index (κ3) is 9.48. The third-order valence-corrected chi connectivity index (χ3v) is 5.25. The molecule has 152 valence electrons. The SMILES string of the molecule is Brc1cccc(-c2cccnc2)c1.Brc1cccc(I)c1.OB(O)c1cccnc1. The van der Waals surface area contributed by atoms with E-state index < -0.39 is 7.12 Å². The van der Waals surface area contributed by atoms with Crippen LogP contribution in [0.5, 0.6) is 0 Å². The van der Waals surface area contributed by atoms with Gasteiger partial charge in [-0.15, -0.1) is 0 Å². The normalized spacial score (nSPS) is 9.50. The second-order valence-electron chi connectivity index (χ2n) is 5.85. The van der Waals surface area contributed by atoms with Gasteiger partial charge in [-0.05, 0) is 70.6 Å². The highest BCUT2D eigenvalue weighted by atomic mass is 127. The Hall–Kier alpha value is -1.59. The van der Waals surface area contributed by atoms with Crippen LogP contribution in [0.2, 0.25) is 0 Å². The molecule has 2 N–H and O–H groups in total. The third-order valence-electron chi connectivity index (χ3n) is 3.59. The maximum Gasteiger partial charge on any atom is 0.490 e. The number of benzene rings is 2. The second kappa shape index (κ2) is 13.7. The van der Waals surface area contributed by atoms with Crippen LogP contribution in [0.25, 0.3) is 11.1 Å². The highest BCUT2D eigenvalue weighted by Crippen LogP contribution is 2.21. The van der Waals surface area contributed by atoms with Crippen LogP contribution in [0.4, 0.5) is 0 Å². The van der Waals surface area contributed by atoms with E-state index in [0.717, 1.165) is 14.5 Å². The smallest absolute Gasteiger partial charge is 0.423 e. The Labute approximate surface area is 207 Å². The van der Waals surface area contributed by atoms with E-state index in [1.807, 2.05) is 36.5 Å². The molecule has 0 unspecified atom stereocenters. The van der Waals surface area contributed by atoms with E-state index in [4.69, 9.17) is 10.0 Å². The second-order valence-corrected chi connectivity index (χ2v) is 8.93. The summed E-state index contributed by atoms with van der Waals surface area (Å²) in [6.45, 7) is 0. The van der Waals surface area contributed by atoms with Crippen molar-refractivity contribution in [1.82, 2.24) is 9.97 Å². The molecule has 8 heteroatoms. The van der Waals surface area contributed by atoms with Crippen LogP contribution in [-0.4, -0.2) is 27.1 Å². The lowest BCUT2D eigenvalue weighted by molar-refractivity contribution is 0.425. The summed E-state index contributed by atoms with van der Waals surface area (Å²) < 4.78 is 3.50. The van der Waals surface area contributed by atoms with E-state index in [1.165, 1.54) is 15.3 Å². The Morgan fingerprint density at radius 3 is 1.73 bits per heavy atom. The Kier molecular flexibility index (Phi) is 11.2. The van der Waals surface area contributed by atoms with Crippen LogP contribution in [0.1, 0.15) is 0 Å². The van der Waals surface area contributed by atoms with Gasteiger partial charge in [0, 0.05) is 48.3 Å². The van der Waals surface area contributed by atoms with Gasteiger partial charge in [0.25, 0.3) is 0 Å². The number of hydrogen-bond acceptors (Lipinski definition) is 4. The van der Waals surface area contributed by atoms with E-state index in [-0.39, 0.29) is 0 Å². The molecule has 0 aliphatic rings. The first-order valence-electron chi connectivity index (χ1n) is 8.79. The van der Waals surface area contributed by atoms with Gasteiger partial charge in [-0.25, -0.2) is 0 Å². The monoisotopic (exact) mass is 638 g/mol. The van der Waals surface area contributed by atoms with Crippen molar-refractivity contribution in [3.05, 3.63) is 110 Å². The molecule has 4 aromatic rings. The van der Waals surface area contributed by atoms with Crippen LogP contribution < -0.4 is 5.46 Å². The zero-order valence-electron chi connectivity index (χ0n) is 15.7. The summed E-state index contributed by atoms with van der Waals surface area (Å²) >= 11 is 9.07. The number of aromatic nitrogens is 2. The fourth-order valence-corrected chi connectivity index (χ4v) is 3.96. The summed E-state index contributed by atoms with van der Waals surface area (Å²) in [5.41, 5.74) is 2.74. The molecule has 0 amide bonds. The quantitative estimate of drug-likeness (QED) is 0.230. The fourth-order valence-electron chi connectivity index (χ4n) is 2.19. The van der Waals surface area contributed by atoms with Gasteiger partial charge in [0.05, 0.1) is 0 Å². The molecule has 0 aliphatic heterocycles. The molecule has 0 bridgehead atoms. The van der Waals surface area contributed by atoms with Crippen molar-refractivity contribution in [2.45, 2.75) is 0 Å². The molecule has 0 spiro atoms. The van der Waals surface area contributed by atoms with E-state index in [9.17, 15) is 0 Å². The van der Waals surface area contributed by atoms with Crippen molar-refractivity contribution in [3.8, 4) is 11.1 Å². The number of rotatable bonds is 2. The molecule has 2 heterocycles. The van der Waals surface area contributed by atoms with Gasteiger partial charge >= 0.3 is 7.12 Å². The lowest BCUT2D eigenvalue weighted by Gasteiger charge is -2.00. The molecule has 0 saturated carbocycles. The van der Waals surface area contributed by atoms with E-state index in [1.54, 1.807) is 24.5 Å². The van der Waals surface area contributed by atoms with Crippen molar-refractivity contribution in [1.29, 1.82) is 0 Å². The van der Waals surface area contributed by atoms with Crippen molar-refractivity contribution in [2.75, 3.05) is 0 Å². The van der Waals surface area contributed by atoms with Gasteiger partial charge in [0.15, 0.2) is 0 Å². The van der Waals surface area contributed by atoms with Crippen molar-refractivity contribution < 1.29 is 10.0 Å². The first kappa shape index (κ1) is 24.7. The summed E-state index contributed by atoms with van der Waals surface area (Å²) in [6.07, 6.45) is 6.62. The van der Waals surface area contributed by atoms with Gasteiger partial charge in [-0.3, -0.25) is 9.97 Å². The van der Waals surface area contributed by atoms with Crippen LogP contribution >= 0.6 is 54.5 Å². The Balaban J connectivity index is 0.000000167. The number of nitrogens with zero attached hydrogens (tertiary/aromatic N) is 2. The van der Waals surface area contributed by atoms with Crippen LogP contribution in [-0.2, 0) is 0 Å². The molecule has 0 atom stereocenters. The maximum atomic E-state index is 8.54. The standard InChI is InChI=1S/C11H8BrN.C6H4BrI.C5H6BNO2/c12-11-5-1-3-9(7-11)10-4-2-6-13-8-10;7-5-2-1-3-6(8)4-5;8-6(9)5-2-1-3-7-4-5/h1-8H;1-4H;1-4,8-9H. The Bertz CT molecular complexity index is 1010. The predicted molar refractivity (Wildman–Crippen MR) is 138 cm³/mol. The highest BCUT2D eigenvalue weighted by Gasteiger charge is 2.08. The summed E-state index contributed by atoms with van der Waals surface area (Å²) in [7, 11) is -1.40. The van der Waals surface area contributed by atoms with E-state index >= 15 is 0 Å². The average Bonchev–Trinajstić information content (AvgIpc) is 2.76. The molecular formula is C22H18BBr2IN2O2. The van der Waals surface area contributed by atoms with Gasteiger partial charge in [-0.2, -0.15) is 0 Å². The molecule has 2 aromatic carbocycles. The predicted octanol–water partition coefficient (Wildman–Crippen LogP) is 5.33. The first-order valence-corrected chi connectivity index (χ1v) is 11.5. The lowest BCUT2D eigenvalue weighted by Crippen LogP contribution is -2.29. The highest BCUT2D eigenvalue weighted by molar-refractivity contribution is 14.1. The summed E-state index contributed by atoms with van der Waals surface area (Å²) in [4.78, 5) is 7.76. The maximum absolute atomic E-state index is 8.54. The van der Waals surface area contributed by atoms with E-state index in [2.05, 4.69) is 94.8 Å². The van der Waals surface area contributed by atoms with Crippen molar-refractivity contribution >= 4 is 67.0 Å². The van der Waals surface area contributed by atoms with Crippen molar-refractivity contribution in [3.63, 3.8) is 0 Å². The molecule has 4 rings (SSSR count). The van der Waals surface area contributed by atoms with Crippen LogP contribution in [0, 0.1) is 3.57 Å². The minimum Gasteiger partial charge on any atom is -0.423 e. The summed E-state index contributed by atoms with van der Waals surface area (Å²) in [6, 6.07) is 23.6. The van der Waals surface area contributed by atoms with Gasteiger partial charge in [0.1, 0.15) is 0 Å². The van der Waals surface area contributed by atoms with Crippen LogP contribution in [0.3, 0.4) is 0 Å². The minimum absolute atomic E-state index is 0.414. The first-order chi connectivity index (χ1) is 14.5. The zero-order valence-corrected chi connectivity index (χ0v) is 21.1. The largest absolute Gasteiger partial charge is 0.490 e. The molecule has 0 fully saturated rings. The average molecular weight is 640 g/mol. The van der Waals surface area contributed by atoms with Gasteiger partial charge in [-0.1, -0.05) is 62.2 Å². The summed E-state index contributed by atoms with van der Waals surface area (Å²) in [5, 5.41) is 17.1. The number of hydrogen-bond donors (Lipinski definition) is 2. The molecule has 0 aliphatic carbocycles. The molecule has 4 nitrogen and oxygen atoms in total.